The van der Waals surface area contributed by atoms with Gasteiger partial charge in [0.25, 0.3) is 0 Å². The minimum atomic E-state index is -0.338. The van der Waals surface area contributed by atoms with Gasteiger partial charge in [0.2, 0.25) is 0 Å². The Morgan fingerprint density at radius 3 is 2.81 bits per heavy atom. The van der Waals surface area contributed by atoms with Gasteiger partial charge in [-0.05, 0) is 24.6 Å². The molecule has 21 heavy (non-hydrogen) atoms. The normalized spacial score (nSPS) is 11.1. The molecule has 6 heteroatoms. The lowest BCUT2D eigenvalue weighted by molar-refractivity contribution is 0.411. The summed E-state index contributed by atoms with van der Waals surface area (Å²) in [6.45, 7) is 6.18. The number of methoxy groups -OCH3 is 1. The maximum Gasteiger partial charge on any atom is 0.150 e. The molecule has 2 aromatic rings. The fourth-order valence-electron chi connectivity index (χ4n) is 1.85. The highest BCUT2D eigenvalue weighted by Gasteiger charge is 2.12. The lowest BCUT2D eigenvalue weighted by Crippen LogP contribution is -2.22. The number of halogens is 1. The van der Waals surface area contributed by atoms with Crippen molar-refractivity contribution in [3.63, 3.8) is 0 Å². The second-order valence-electron chi connectivity index (χ2n) is 5.19. The van der Waals surface area contributed by atoms with Crippen molar-refractivity contribution in [3.8, 4) is 16.3 Å². The molecule has 0 aliphatic rings. The number of aromatic nitrogens is 2. The highest BCUT2D eigenvalue weighted by atomic mass is 32.1. The van der Waals surface area contributed by atoms with Crippen LogP contribution in [0, 0.1) is 11.7 Å². The van der Waals surface area contributed by atoms with Crippen LogP contribution in [0.5, 0.6) is 5.75 Å². The zero-order chi connectivity index (χ0) is 15.2. The average molecular weight is 309 g/mol. The molecule has 0 unspecified atom stereocenters. The van der Waals surface area contributed by atoms with Crippen molar-refractivity contribution < 1.29 is 9.13 Å². The van der Waals surface area contributed by atoms with E-state index in [9.17, 15) is 4.39 Å². The van der Waals surface area contributed by atoms with Crippen LogP contribution in [-0.2, 0) is 6.42 Å². The van der Waals surface area contributed by atoms with E-state index in [1.807, 2.05) is 0 Å². The van der Waals surface area contributed by atoms with Crippen molar-refractivity contribution >= 4 is 11.3 Å². The third-order valence-electron chi connectivity index (χ3n) is 2.94. The summed E-state index contributed by atoms with van der Waals surface area (Å²) in [6.07, 6.45) is 0.808. The Bertz CT molecular complexity index is 586. The van der Waals surface area contributed by atoms with Crippen LogP contribution in [0.15, 0.2) is 18.2 Å². The van der Waals surface area contributed by atoms with Crippen molar-refractivity contribution in [2.45, 2.75) is 20.3 Å². The van der Waals surface area contributed by atoms with Crippen LogP contribution in [0.1, 0.15) is 18.9 Å². The van der Waals surface area contributed by atoms with Gasteiger partial charge in [0, 0.05) is 24.6 Å². The van der Waals surface area contributed by atoms with Crippen molar-refractivity contribution in [2.24, 2.45) is 5.92 Å². The van der Waals surface area contributed by atoms with Crippen molar-refractivity contribution in [2.75, 3.05) is 20.2 Å². The Balaban J connectivity index is 1.99. The highest BCUT2D eigenvalue weighted by Crippen LogP contribution is 2.28. The number of benzene rings is 1. The van der Waals surface area contributed by atoms with Crippen LogP contribution in [0.25, 0.3) is 10.6 Å². The van der Waals surface area contributed by atoms with Crippen molar-refractivity contribution in [1.29, 1.82) is 0 Å². The number of rotatable bonds is 7. The molecule has 1 aromatic heterocycles. The Hall–Kier alpha value is -1.53. The van der Waals surface area contributed by atoms with Crippen molar-refractivity contribution in [1.82, 2.24) is 15.5 Å². The molecule has 0 aliphatic carbocycles. The van der Waals surface area contributed by atoms with Gasteiger partial charge in [0.15, 0.2) is 5.01 Å². The molecule has 4 nitrogen and oxygen atoms in total. The van der Waals surface area contributed by atoms with E-state index in [1.165, 1.54) is 24.5 Å². The van der Waals surface area contributed by atoms with E-state index in [0.29, 0.717) is 22.2 Å². The molecule has 0 fully saturated rings. The Morgan fingerprint density at radius 1 is 1.33 bits per heavy atom. The molecule has 2 rings (SSSR count). The van der Waals surface area contributed by atoms with Crippen LogP contribution >= 0.6 is 11.3 Å². The molecule has 0 atom stereocenters. The minimum Gasteiger partial charge on any atom is -0.497 e. The Morgan fingerprint density at radius 2 is 2.14 bits per heavy atom. The predicted octanol–water partition coefficient (Wildman–Crippen LogP) is 3.14. The number of hydrogen-bond donors (Lipinski definition) is 1. The first-order chi connectivity index (χ1) is 10.1. The van der Waals surface area contributed by atoms with Crippen LogP contribution < -0.4 is 10.1 Å². The van der Waals surface area contributed by atoms with Gasteiger partial charge in [-0.25, -0.2) is 4.39 Å². The quantitative estimate of drug-likeness (QED) is 0.798. The summed E-state index contributed by atoms with van der Waals surface area (Å²) >= 11 is 1.43. The van der Waals surface area contributed by atoms with E-state index >= 15 is 0 Å². The molecule has 0 radical (unpaired) electrons. The molecule has 1 heterocycles. The van der Waals surface area contributed by atoms with Gasteiger partial charge in [-0.15, -0.1) is 10.2 Å². The monoisotopic (exact) mass is 309 g/mol. The van der Waals surface area contributed by atoms with Gasteiger partial charge < -0.3 is 10.1 Å². The summed E-state index contributed by atoms with van der Waals surface area (Å²) < 4.78 is 19.0. The standard InChI is InChI=1S/C15H20FN3OS/c1-10(2)9-17-7-6-14-18-19-15(21-14)12-5-4-11(20-3)8-13(12)16/h4-5,8,10,17H,6-7,9H2,1-3H3. The van der Waals surface area contributed by atoms with Crippen LogP contribution in [0.2, 0.25) is 0 Å². The fraction of sp³-hybridized carbons (Fsp3) is 0.467. The summed E-state index contributed by atoms with van der Waals surface area (Å²) in [5.74, 6) is 0.789. The van der Waals surface area contributed by atoms with E-state index in [-0.39, 0.29) is 5.82 Å². The summed E-state index contributed by atoms with van der Waals surface area (Å²) in [4.78, 5) is 0. The van der Waals surface area contributed by atoms with Gasteiger partial charge in [0.1, 0.15) is 16.6 Å². The third-order valence-corrected chi connectivity index (χ3v) is 3.96. The molecule has 1 aromatic carbocycles. The fourth-order valence-corrected chi connectivity index (χ4v) is 2.71. The summed E-state index contributed by atoms with van der Waals surface area (Å²) in [6, 6.07) is 4.76. The third kappa shape index (κ3) is 4.47. The van der Waals surface area contributed by atoms with Crippen LogP contribution in [0.4, 0.5) is 4.39 Å². The molecule has 1 N–H and O–H groups in total. The average Bonchev–Trinajstić information content (AvgIpc) is 2.91. The lowest BCUT2D eigenvalue weighted by atomic mass is 10.2. The van der Waals surface area contributed by atoms with Gasteiger partial charge in [-0.2, -0.15) is 0 Å². The maximum atomic E-state index is 14.0. The molecule has 0 saturated carbocycles. The SMILES string of the molecule is COc1ccc(-c2nnc(CCNCC(C)C)s2)c(F)c1. The number of ether oxygens (including phenoxy) is 1. The molecule has 114 valence electrons. The van der Waals surface area contributed by atoms with Crippen LogP contribution in [0.3, 0.4) is 0 Å². The lowest BCUT2D eigenvalue weighted by Gasteiger charge is -2.05. The first-order valence-electron chi connectivity index (χ1n) is 6.97. The van der Waals surface area contributed by atoms with E-state index in [4.69, 9.17) is 4.74 Å². The second kappa shape index (κ2) is 7.47. The van der Waals surface area contributed by atoms with Crippen molar-refractivity contribution in [3.05, 3.63) is 29.0 Å². The molecular formula is C15H20FN3OS. The molecule has 0 spiro atoms. The zero-order valence-electron chi connectivity index (χ0n) is 12.5. The van der Waals surface area contributed by atoms with E-state index in [0.717, 1.165) is 24.5 Å². The smallest absolute Gasteiger partial charge is 0.150 e. The van der Waals surface area contributed by atoms with Gasteiger partial charge >= 0.3 is 0 Å². The zero-order valence-corrected chi connectivity index (χ0v) is 13.3. The van der Waals surface area contributed by atoms with E-state index < -0.39 is 0 Å². The summed E-state index contributed by atoms with van der Waals surface area (Å²) in [7, 11) is 1.52. The largest absolute Gasteiger partial charge is 0.497 e. The van der Waals surface area contributed by atoms with E-state index in [1.54, 1.807) is 12.1 Å². The van der Waals surface area contributed by atoms with Crippen LogP contribution in [-0.4, -0.2) is 30.4 Å². The van der Waals surface area contributed by atoms with E-state index in [2.05, 4.69) is 29.4 Å². The van der Waals surface area contributed by atoms with Gasteiger partial charge in [0.05, 0.1) is 7.11 Å². The Labute approximate surface area is 128 Å². The highest BCUT2D eigenvalue weighted by molar-refractivity contribution is 7.14. The second-order valence-corrected chi connectivity index (χ2v) is 6.26. The molecule has 0 saturated heterocycles. The molecular weight excluding hydrogens is 289 g/mol. The first-order valence-corrected chi connectivity index (χ1v) is 7.78. The first kappa shape index (κ1) is 15.9. The summed E-state index contributed by atoms with van der Waals surface area (Å²) in [5, 5.41) is 13.1. The predicted molar refractivity (Wildman–Crippen MR) is 83.3 cm³/mol. The number of nitrogens with zero attached hydrogens (tertiary/aromatic N) is 2. The maximum absolute atomic E-state index is 14.0. The van der Waals surface area contributed by atoms with Gasteiger partial charge in [-0.3, -0.25) is 0 Å². The number of hydrogen-bond acceptors (Lipinski definition) is 5. The Kier molecular flexibility index (Phi) is 5.64. The molecule has 0 amide bonds. The molecule has 0 aliphatic heterocycles. The minimum absolute atomic E-state index is 0.338. The number of nitrogens with one attached hydrogen (secondary N) is 1. The molecule has 0 bridgehead atoms. The summed E-state index contributed by atoms with van der Waals surface area (Å²) in [5.41, 5.74) is 0.467. The van der Waals surface area contributed by atoms with Gasteiger partial charge in [-0.1, -0.05) is 25.2 Å². The topological polar surface area (TPSA) is 47.0 Å².